The molecule has 166 valence electrons. The molecule has 0 fully saturated rings. The van der Waals surface area contributed by atoms with Crippen molar-refractivity contribution in [3.05, 3.63) is 62.9 Å². The summed E-state index contributed by atoms with van der Waals surface area (Å²) in [5.41, 5.74) is 1.49. The molecular formula is C24H25N3O4S. The minimum Gasteiger partial charge on any atom is -0.494 e. The number of fused-ring (bicyclic) bond motifs is 1. The first-order valence-corrected chi connectivity index (χ1v) is 11.5. The quantitative estimate of drug-likeness (QED) is 0.384. The van der Waals surface area contributed by atoms with Gasteiger partial charge in [-0.3, -0.25) is 4.79 Å². The van der Waals surface area contributed by atoms with Crippen molar-refractivity contribution in [1.29, 1.82) is 0 Å². The van der Waals surface area contributed by atoms with E-state index < -0.39 is 0 Å². The summed E-state index contributed by atoms with van der Waals surface area (Å²) in [4.78, 5) is 18.0. The van der Waals surface area contributed by atoms with Crippen LogP contribution in [0.15, 0.2) is 47.3 Å². The van der Waals surface area contributed by atoms with E-state index >= 15 is 0 Å². The van der Waals surface area contributed by atoms with Crippen LogP contribution in [0.4, 0.5) is 0 Å². The van der Waals surface area contributed by atoms with E-state index in [1.807, 2.05) is 62.4 Å². The van der Waals surface area contributed by atoms with Crippen LogP contribution in [0.3, 0.4) is 0 Å². The molecule has 0 bridgehead atoms. The van der Waals surface area contributed by atoms with E-state index in [1.165, 1.54) is 15.9 Å². The molecule has 0 aliphatic rings. The van der Waals surface area contributed by atoms with Gasteiger partial charge in [0.15, 0.2) is 17.3 Å². The van der Waals surface area contributed by atoms with Crippen molar-refractivity contribution in [3.8, 4) is 28.6 Å². The number of thiazole rings is 1. The Balaban J connectivity index is 1.64. The van der Waals surface area contributed by atoms with Crippen molar-refractivity contribution < 1.29 is 14.2 Å². The molecule has 4 aromatic rings. The number of ether oxygens (including phenoxy) is 3. The van der Waals surface area contributed by atoms with Crippen LogP contribution in [0.25, 0.3) is 22.4 Å². The van der Waals surface area contributed by atoms with E-state index in [0.29, 0.717) is 46.6 Å². The van der Waals surface area contributed by atoms with E-state index in [1.54, 1.807) is 0 Å². The number of rotatable bonds is 9. The molecule has 0 N–H and O–H groups in total. The van der Waals surface area contributed by atoms with Gasteiger partial charge in [-0.2, -0.15) is 9.50 Å². The molecular weight excluding hydrogens is 426 g/mol. The first kappa shape index (κ1) is 21.8. The number of hydrogen-bond donors (Lipinski definition) is 0. The minimum atomic E-state index is -0.196. The average molecular weight is 452 g/mol. The van der Waals surface area contributed by atoms with Crippen molar-refractivity contribution in [2.75, 3.05) is 19.8 Å². The zero-order valence-corrected chi connectivity index (χ0v) is 19.1. The molecule has 0 aliphatic carbocycles. The Morgan fingerprint density at radius 1 is 0.969 bits per heavy atom. The van der Waals surface area contributed by atoms with Gasteiger partial charge in [-0.1, -0.05) is 24.3 Å². The normalized spacial score (nSPS) is 11.8. The molecule has 0 atom stereocenters. The molecule has 0 radical (unpaired) electrons. The highest BCUT2D eigenvalue weighted by molar-refractivity contribution is 7.15. The Morgan fingerprint density at radius 3 is 2.41 bits per heavy atom. The maximum Gasteiger partial charge on any atom is 0.291 e. The first-order valence-electron chi connectivity index (χ1n) is 10.7. The van der Waals surface area contributed by atoms with E-state index in [4.69, 9.17) is 14.2 Å². The fraction of sp³-hybridized carbons (Fsp3) is 0.292. The largest absolute Gasteiger partial charge is 0.494 e. The summed E-state index contributed by atoms with van der Waals surface area (Å²) < 4.78 is 18.8. The topological polar surface area (TPSA) is 75.0 Å². The second kappa shape index (κ2) is 9.82. The lowest BCUT2D eigenvalue weighted by Crippen LogP contribution is -2.23. The van der Waals surface area contributed by atoms with Gasteiger partial charge in [0.05, 0.1) is 24.4 Å². The summed E-state index contributed by atoms with van der Waals surface area (Å²) in [6.07, 6.45) is 2.77. The molecule has 0 amide bonds. The zero-order valence-electron chi connectivity index (χ0n) is 18.3. The van der Waals surface area contributed by atoms with Gasteiger partial charge in [0, 0.05) is 5.56 Å². The molecule has 0 unspecified atom stereocenters. The first-order chi connectivity index (χ1) is 15.6. The van der Waals surface area contributed by atoms with Crippen LogP contribution in [0.2, 0.25) is 0 Å². The zero-order chi connectivity index (χ0) is 22.5. The minimum absolute atomic E-state index is 0.196. The van der Waals surface area contributed by atoms with Crippen molar-refractivity contribution in [2.45, 2.75) is 27.2 Å². The fourth-order valence-corrected chi connectivity index (χ4v) is 4.09. The van der Waals surface area contributed by atoms with E-state index in [2.05, 4.69) is 17.0 Å². The molecule has 32 heavy (non-hydrogen) atoms. The highest BCUT2D eigenvalue weighted by Gasteiger charge is 2.13. The molecule has 0 saturated heterocycles. The van der Waals surface area contributed by atoms with Gasteiger partial charge in [-0.25, -0.2) is 0 Å². The Bertz CT molecular complexity index is 1310. The van der Waals surface area contributed by atoms with Gasteiger partial charge in [-0.05, 0) is 68.3 Å². The molecule has 7 nitrogen and oxygen atoms in total. The smallest absolute Gasteiger partial charge is 0.291 e. The van der Waals surface area contributed by atoms with Crippen molar-refractivity contribution >= 4 is 22.4 Å². The monoisotopic (exact) mass is 451 g/mol. The molecule has 0 saturated carbocycles. The van der Waals surface area contributed by atoms with Gasteiger partial charge in [0.25, 0.3) is 5.56 Å². The third kappa shape index (κ3) is 4.60. The third-order valence-electron chi connectivity index (χ3n) is 4.63. The number of aromatic nitrogens is 3. The molecule has 0 aliphatic heterocycles. The summed E-state index contributed by atoms with van der Waals surface area (Å²) in [6.45, 7) is 7.68. The lowest BCUT2D eigenvalue weighted by Gasteiger charge is -2.11. The summed E-state index contributed by atoms with van der Waals surface area (Å²) in [5.74, 6) is 2.66. The van der Waals surface area contributed by atoms with Gasteiger partial charge < -0.3 is 14.2 Å². The molecule has 0 spiro atoms. The Labute approximate surface area is 189 Å². The van der Waals surface area contributed by atoms with Crippen LogP contribution in [0.1, 0.15) is 32.8 Å². The number of nitrogens with zero attached hydrogens (tertiary/aromatic N) is 3. The molecule has 8 heteroatoms. The Kier molecular flexibility index (Phi) is 6.70. The molecule has 4 rings (SSSR count). The molecule has 2 aromatic heterocycles. The second-order valence-electron chi connectivity index (χ2n) is 6.99. The van der Waals surface area contributed by atoms with Gasteiger partial charge >= 0.3 is 0 Å². The third-order valence-corrected chi connectivity index (χ3v) is 5.59. The SMILES string of the molecule is CCCOc1ccc(-c2nc3sc(=Cc4ccc(OCC)c(OCC)c4)c(=O)n3n2)cc1. The summed E-state index contributed by atoms with van der Waals surface area (Å²) >= 11 is 1.31. The Hall–Kier alpha value is -3.39. The van der Waals surface area contributed by atoms with Crippen molar-refractivity contribution in [1.82, 2.24) is 14.6 Å². The second-order valence-corrected chi connectivity index (χ2v) is 8.00. The maximum atomic E-state index is 12.9. The molecule has 2 aromatic carbocycles. The lowest BCUT2D eigenvalue weighted by atomic mass is 10.2. The summed E-state index contributed by atoms with van der Waals surface area (Å²) in [6, 6.07) is 13.2. The number of hydrogen-bond acceptors (Lipinski definition) is 7. The van der Waals surface area contributed by atoms with Crippen LogP contribution in [0.5, 0.6) is 17.2 Å². The van der Waals surface area contributed by atoms with Crippen molar-refractivity contribution in [3.63, 3.8) is 0 Å². The van der Waals surface area contributed by atoms with Crippen molar-refractivity contribution in [2.24, 2.45) is 0 Å². The maximum absolute atomic E-state index is 12.9. The Morgan fingerprint density at radius 2 is 1.72 bits per heavy atom. The van der Waals surface area contributed by atoms with E-state index in [-0.39, 0.29) is 5.56 Å². The van der Waals surface area contributed by atoms with Gasteiger partial charge in [0.2, 0.25) is 4.96 Å². The van der Waals surface area contributed by atoms with Gasteiger partial charge in [0.1, 0.15) is 5.75 Å². The lowest BCUT2D eigenvalue weighted by molar-refractivity contribution is 0.287. The van der Waals surface area contributed by atoms with Crippen LogP contribution in [0, 0.1) is 0 Å². The molecule has 2 heterocycles. The van der Waals surface area contributed by atoms with Crippen LogP contribution in [-0.2, 0) is 0 Å². The predicted octanol–water partition coefficient (Wildman–Crippen LogP) is 3.95. The highest BCUT2D eigenvalue weighted by atomic mass is 32.1. The van der Waals surface area contributed by atoms with E-state index in [0.717, 1.165) is 23.3 Å². The van der Waals surface area contributed by atoms with Gasteiger partial charge in [-0.15, -0.1) is 5.10 Å². The predicted molar refractivity (Wildman–Crippen MR) is 126 cm³/mol. The highest BCUT2D eigenvalue weighted by Crippen LogP contribution is 2.29. The van der Waals surface area contributed by atoms with Crippen LogP contribution in [-0.4, -0.2) is 34.4 Å². The standard InChI is InChI=1S/C24H25N3O4S/c1-4-13-31-18-10-8-17(9-11-18)22-25-24-27(26-22)23(28)21(32-24)15-16-7-12-19(29-5-2)20(14-16)30-6-3/h7-12,14-15H,4-6,13H2,1-3H3. The summed E-state index contributed by atoms with van der Waals surface area (Å²) in [7, 11) is 0. The fourth-order valence-electron chi connectivity index (χ4n) is 3.19. The van der Waals surface area contributed by atoms with E-state index in [9.17, 15) is 4.79 Å². The van der Waals surface area contributed by atoms with Crippen LogP contribution >= 0.6 is 11.3 Å². The van der Waals surface area contributed by atoms with Crippen LogP contribution < -0.4 is 24.3 Å². The average Bonchev–Trinajstić information content (AvgIpc) is 3.34. The number of benzene rings is 2. The summed E-state index contributed by atoms with van der Waals surface area (Å²) in [5, 5.41) is 4.42.